The van der Waals surface area contributed by atoms with E-state index in [4.69, 9.17) is 4.98 Å². The van der Waals surface area contributed by atoms with Crippen molar-refractivity contribution < 1.29 is 0 Å². The highest BCUT2D eigenvalue weighted by atomic mass is 32.1. The van der Waals surface area contributed by atoms with E-state index in [2.05, 4.69) is 52.1 Å². The summed E-state index contributed by atoms with van der Waals surface area (Å²) in [5.74, 6) is 1.40. The molecule has 116 valence electrons. The molecule has 0 saturated carbocycles. The first-order valence-electron chi connectivity index (χ1n) is 7.78. The van der Waals surface area contributed by atoms with Crippen LogP contribution in [-0.4, -0.2) is 20.9 Å². The van der Waals surface area contributed by atoms with Crippen LogP contribution in [0.4, 0.5) is 5.82 Å². The van der Waals surface area contributed by atoms with Gasteiger partial charge in [0, 0.05) is 6.54 Å². The number of nitrogens with one attached hydrogen (secondary N) is 1. The highest BCUT2D eigenvalue weighted by molar-refractivity contribution is 7.13. The van der Waals surface area contributed by atoms with Crippen molar-refractivity contribution >= 4 is 33.8 Å². The Morgan fingerprint density at radius 3 is 2.83 bits per heavy atom. The molecule has 0 spiro atoms. The van der Waals surface area contributed by atoms with Crippen LogP contribution < -0.4 is 5.32 Å². The predicted molar refractivity (Wildman–Crippen MR) is 97.1 cm³/mol. The first kappa shape index (κ1) is 14.2. The minimum Gasteiger partial charge on any atom is -0.367 e. The lowest BCUT2D eigenvalue weighted by atomic mass is 10.2. The van der Waals surface area contributed by atoms with E-state index in [1.807, 2.05) is 24.4 Å². The van der Waals surface area contributed by atoms with Crippen molar-refractivity contribution in [1.82, 2.24) is 14.4 Å². The molecule has 0 fully saturated rings. The lowest BCUT2D eigenvalue weighted by Crippen LogP contribution is -2.11. The molecule has 23 heavy (non-hydrogen) atoms. The van der Waals surface area contributed by atoms with Gasteiger partial charge in [0.15, 0.2) is 11.5 Å². The molecule has 1 aromatic carbocycles. The topological polar surface area (TPSA) is 42.2 Å². The van der Waals surface area contributed by atoms with Crippen LogP contribution in [0.15, 0.2) is 48.0 Å². The predicted octanol–water partition coefficient (Wildman–Crippen LogP) is 4.68. The molecule has 0 aliphatic rings. The lowest BCUT2D eigenvalue weighted by molar-refractivity contribution is 0.687. The van der Waals surface area contributed by atoms with E-state index in [0.717, 1.165) is 34.7 Å². The van der Waals surface area contributed by atoms with E-state index >= 15 is 0 Å². The normalized spacial score (nSPS) is 11.6. The fourth-order valence-corrected chi connectivity index (χ4v) is 3.42. The molecule has 5 heteroatoms. The summed E-state index contributed by atoms with van der Waals surface area (Å²) < 4.78 is 2.21. The zero-order valence-corrected chi connectivity index (χ0v) is 14.0. The van der Waals surface area contributed by atoms with Gasteiger partial charge in [-0.2, -0.15) is 0 Å². The third-order valence-corrected chi connectivity index (χ3v) is 4.67. The number of hydrogen-bond donors (Lipinski definition) is 1. The molecule has 3 heterocycles. The summed E-state index contributed by atoms with van der Waals surface area (Å²) in [4.78, 5) is 10.6. The average molecular weight is 322 g/mol. The van der Waals surface area contributed by atoms with Gasteiger partial charge in [-0.1, -0.05) is 32.0 Å². The van der Waals surface area contributed by atoms with Crippen LogP contribution in [0.3, 0.4) is 0 Å². The van der Waals surface area contributed by atoms with Gasteiger partial charge >= 0.3 is 0 Å². The van der Waals surface area contributed by atoms with Crippen LogP contribution in [0.2, 0.25) is 0 Å². The van der Waals surface area contributed by atoms with E-state index < -0.39 is 0 Å². The van der Waals surface area contributed by atoms with Crippen molar-refractivity contribution in [2.24, 2.45) is 5.92 Å². The van der Waals surface area contributed by atoms with Gasteiger partial charge in [-0.15, -0.1) is 11.3 Å². The van der Waals surface area contributed by atoms with Crippen LogP contribution in [0.1, 0.15) is 13.8 Å². The van der Waals surface area contributed by atoms with Crippen molar-refractivity contribution in [3.8, 4) is 10.6 Å². The molecule has 3 aromatic heterocycles. The molecule has 0 bridgehead atoms. The number of para-hydroxylation sites is 2. The van der Waals surface area contributed by atoms with Gasteiger partial charge < -0.3 is 5.32 Å². The zero-order chi connectivity index (χ0) is 15.8. The molecule has 4 aromatic rings. The summed E-state index contributed by atoms with van der Waals surface area (Å²) in [5, 5.41) is 5.54. The largest absolute Gasteiger partial charge is 0.367 e. The fraction of sp³-hybridized carbons (Fsp3) is 0.222. The Morgan fingerprint density at radius 2 is 2.04 bits per heavy atom. The molecule has 0 amide bonds. The number of benzene rings is 1. The molecule has 0 radical (unpaired) electrons. The summed E-state index contributed by atoms with van der Waals surface area (Å²) in [5.41, 5.74) is 4.05. The number of imidazole rings is 1. The van der Waals surface area contributed by atoms with Gasteiger partial charge in [0.05, 0.1) is 27.8 Å². The maximum atomic E-state index is 4.78. The third-order valence-electron chi connectivity index (χ3n) is 3.78. The smallest absolute Gasteiger partial charge is 0.181 e. The van der Waals surface area contributed by atoms with Crippen molar-refractivity contribution in [2.45, 2.75) is 13.8 Å². The molecule has 4 rings (SSSR count). The summed E-state index contributed by atoms with van der Waals surface area (Å²) in [7, 11) is 0. The Hall–Kier alpha value is -2.40. The second kappa shape index (κ2) is 5.66. The molecule has 0 saturated heterocycles. The van der Waals surface area contributed by atoms with Gasteiger partial charge in [0.25, 0.3) is 0 Å². The van der Waals surface area contributed by atoms with Gasteiger partial charge in [-0.3, -0.25) is 4.40 Å². The third kappa shape index (κ3) is 2.47. The Kier molecular flexibility index (Phi) is 3.50. The van der Waals surface area contributed by atoms with Crippen molar-refractivity contribution in [2.75, 3.05) is 11.9 Å². The van der Waals surface area contributed by atoms with Crippen LogP contribution in [0.25, 0.3) is 27.3 Å². The van der Waals surface area contributed by atoms with E-state index in [1.54, 1.807) is 11.3 Å². The first-order valence-corrected chi connectivity index (χ1v) is 8.66. The monoisotopic (exact) mass is 322 g/mol. The van der Waals surface area contributed by atoms with Gasteiger partial charge in [-0.25, -0.2) is 9.97 Å². The second-order valence-electron chi connectivity index (χ2n) is 6.00. The maximum Gasteiger partial charge on any atom is 0.181 e. The number of aromatic nitrogens is 3. The van der Waals surface area contributed by atoms with Crippen LogP contribution in [0, 0.1) is 5.92 Å². The van der Waals surface area contributed by atoms with Crippen LogP contribution in [0.5, 0.6) is 0 Å². The molecule has 0 aliphatic heterocycles. The minimum atomic E-state index is 0.551. The van der Waals surface area contributed by atoms with Gasteiger partial charge in [-0.05, 0) is 29.5 Å². The zero-order valence-electron chi connectivity index (χ0n) is 13.2. The van der Waals surface area contributed by atoms with E-state index in [0.29, 0.717) is 5.92 Å². The highest BCUT2D eigenvalue weighted by Crippen LogP contribution is 2.30. The summed E-state index contributed by atoms with van der Waals surface area (Å²) >= 11 is 1.73. The molecule has 4 nitrogen and oxygen atoms in total. The number of hydrogen-bond acceptors (Lipinski definition) is 4. The summed E-state index contributed by atoms with van der Waals surface area (Å²) in [6, 6.07) is 12.4. The number of nitrogens with zero attached hydrogens (tertiary/aromatic N) is 3. The maximum absolute atomic E-state index is 4.78. The number of rotatable bonds is 4. The highest BCUT2D eigenvalue weighted by Gasteiger charge is 2.15. The Labute approximate surface area is 138 Å². The molecule has 0 atom stereocenters. The molecule has 1 N–H and O–H groups in total. The Morgan fingerprint density at radius 1 is 1.17 bits per heavy atom. The molecule has 0 aliphatic carbocycles. The van der Waals surface area contributed by atoms with E-state index in [1.165, 1.54) is 4.88 Å². The van der Waals surface area contributed by atoms with Crippen molar-refractivity contribution in [1.29, 1.82) is 0 Å². The second-order valence-corrected chi connectivity index (χ2v) is 6.95. The Balaban J connectivity index is 2.00. The number of anilines is 1. The van der Waals surface area contributed by atoms with Crippen molar-refractivity contribution in [3.63, 3.8) is 0 Å². The van der Waals surface area contributed by atoms with Crippen LogP contribution >= 0.6 is 11.3 Å². The van der Waals surface area contributed by atoms with Crippen molar-refractivity contribution in [3.05, 3.63) is 48.0 Å². The van der Waals surface area contributed by atoms with E-state index in [-0.39, 0.29) is 0 Å². The van der Waals surface area contributed by atoms with Crippen LogP contribution in [-0.2, 0) is 0 Å². The molecular formula is C18H18N4S. The molecular weight excluding hydrogens is 304 g/mol. The minimum absolute atomic E-state index is 0.551. The number of thiophene rings is 1. The Bertz CT molecular complexity index is 954. The van der Waals surface area contributed by atoms with Gasteiger partial charge in [0.1, 0.15) is 0 Å². The summed E-state index contributed by atoms with van der Waals surface area (Å²) in [6.07, 6.45) is 1.94. The lowest BCUT2D eigenvalue weighted by Gasteiger charge is -2.12. The van der Waals surface area contributed by atoms with Gasteiger partial charge in [0.2, 0.25) is 0 Å². The average Bonchev–Trinajstić information content (AvgIpc) is 3.21. The summed E-state index contributed by atoms with van der Waals surface area (Å²) in [6.45, 7) is 5.25. The molecule has 0 unspecified atom stereocenters. The fourth-order valence-electron chi connectivity index (χ4n) is 2.70. The quantitative estimate of drug-likeness (QED) is 0.593. The number of fused-ring (bicyclic) bond motifs is 3. The van der Waals surface area contributed by atoms with E-state index in [9.17, 15) is 0 Å². The first-order chi connectivity index (χ1) is 11.2. The SMILES string of the molecule is CC(C)CNc1nc2ccccc2n2c(-c3cccs3)cnc12. The standard InChI is InChI=1S/C18H18N4S/c1-12(2)10-19-17-18-20-11-15(16-8-5-9-23-16)22(18)14-7-4-3-6-13(14)21-17/h3-9,11-12H,10H2,1-2H3,(H,19,21).